The van der Waals surface area contributed by atoms with Gasteiger partial charge in [0.2, 0.25) is 5.95 Å². The smallest absolute Gasteiger partial charge is 0.225 e. The van der Waals surface area contributed by atoms with Crippen molar-refractivity contribution >= 4 is 34.1 Å². The number of nitrogens with zero attached hydrogens (tertiary/aromatic N) is 6. The van der Waals surface area contributed by atoms with Crippen LogP contribution in [0.5, 0.6) is 0 Å². The highest BCUT2D eigenvalue weighted by molar-refractivity contribution is 6.34. The lowest BCUT2D eigenvalue weighted by Crippen LogP contribution is -2.47. The predicted molar refractivity (Wildman–Crippen MR) is 140 cm³/mol. The molecule has 1 aliphatic heterocycles. The summed E-state index contributed by atoms with van der Waals surface area (Å²) in [6.45, 7) is 5.56. The SMILES string of the molecule is C[C@@H](Nc1c(Cl)cnc2ccc(-c3cnc(N4CCN(CC#N)CC4)nc3)cc12)c1ccccc1F. The molecule has 0 amide bonds. The second-order valence-electron chi connectivity index (χ2n) is 8.79. The molecule has 36 heavy (non-hydrogen) atoms. The van der Waals surface area contributed by atoms with Crippen LogP contribution in [0, 0.1) is 17.1 Å². The molecule has 4 aromatic rings. The summed E-state index contributed by atoms with van der Waals surface area (Å²) in [6, 6.07) is 14.5. The first-order valence-electron chi connectivity index (χ1n) is 11.8. The Hall–Kier alpha value is -3.80. The van der Waals surface area contributed by atoms with E-state index >= 15 is 0 Å². The van der Waals surface area contributed by atoms with Gasteiger partial charge in [-0.2, -0.15) is 5.26 Å². The molecule has 0 saturated carbocycles. The first kappa shape index (κ1) is 23.9. The maximum atomic E-state index is 14.3. The van der Waals surface area contributed by atoms with Crippen molar-refractivity contribution in [2.75, 3.05) is 42.9 Å². The molecule has 0 unspecified atom stereocenters. The number of anilines is 2. The minimum absolute atomic E-state index is 0.267. The third kappa shape index (κ3) is 4.94. The van der Waals surface area contributed by atoms with Gasteiger partial charge in [0.25, 0.3) is 0 Å². The Kier molecular flexibility index (Phi) is 6.94. The first-order chi connectivity index (χ1) is 17.5. The van der Waals surface area contributed by atoms with Crippen LogP contribution in [0.3, 0.4) is 0 Å². The number of aromatic nitrogens is 3. The second kappa shape index (κ2) is 10.4. The number of hydrogen-bond acceptors (Lipinski definition) is 7. The Morgan fingerprint density at radius 1 is 1.03 bits per heavy atom. The van der Waals surface area contributed by atoms with Crippen LogP contribution >= 0.6 is 11.6 Å². The van der Waals surface area contributed by atoms with Crippen molar-refractivity contribution in [3.8, 4) is 17.2 Å². The van der Waals surface area contributed by atoms with Crippen LogP contribution in [0.1, 0.15) is 18.5 Å². The summed E-state index contributed by atoms with van der Waals surface area (Å²) in [5.74, 6) is 0.415. The molecular formula is C27H25ClFN7. The fraction of sp³-hybridized carbons (Fsp3) is 0.259. The van der Waals surface area contributed by atoms with E-state index in [0.717, 1.165) is 48.2 Å². The van der Waals surface area contributed by atoms with E-state index in [1.807, 2.05) is 43.6 Å². The highest BCUT2D eigenvalue weighted by atomic mass is 35.5. The number of nitriles is 1. The Labute approximate surface area is 214 Å². The third-order valence-corrected chi connectivity index (χ3v) is 6.76. The van der Waals surface area contributed by atoms with Crippen LogP contribution in [0.4, 0.5) is 16.0 Å². The molecule has 0 radical (unpaired) electrons. The van der Waals surface area contributed by atoms with Gasteiger partial charge < -0.3 is 10.2 Å². The summed E-state index contributed by atoms with van der Waals surface area (Å²) in [5.41, 5.74) is 3.84. The number of hydrogen-bond donors (Lipinski definition) is 1. The number of halogens is 2. The van der Waals surface area contributed by atoms with Gasteiger partial charge >= 0.3 is 0 Å². The van der Waals surface area contributed by atoms with E-state index in [-0.39, 0.29) is 11.9 Å². The molecule has 0 spiro atoms. The zero-order valence-electron chi connectivity index (χ0n) is 19.8. The summed E-state index contributed by atoms with van der Waals surface area (Å²) in [4.78, 5) is 17.9. The van der Waals surface area contributed by atoms with Crippen molar-refractivity contribution in [3.63, 3.8) is 0 Å². The first-order valence-corrected chi connectivity index (χ1v) is 12.2. The van der Waals surface area contributed by atoms with Crippen LogP contribution in [0.15, 0.2) is 61.1 Å². The molecule has 0 aliphatic carbocycles. The number of piperazine rings is 1. The standard InChI is InChI=1S/C27H25ClFN7/c1-18(21-4-2-3-5-24(21)29)34-26-22-14-19(6-7-25(22)31-17-23(26)28)20-15-32-27(33-16-20)36-12-10-35(9-8-30)11-13-36/h2-7,14-18H,9-13H2,1H3,(H,31,34)/t18-/m1/s1. The molecule has 1 aliphatic rings. The summed E-state index contributed by atoms with van der Waals surface area (Å²) in [5, 5.41) is 13.6. The molecular weight excluding hydrogens is 477 g/mol. The van der Waals surface area contributed by atoms with E-state index in [0.29, 0.717) is 28.8 Å². The quantitative estimate of drug-likeness (QED) is 0.359. The number of fused-ring (bicyclic) bond motifs is 1. The van der Waals surface area contributed by atoms with E-state index < -0.39 is 0 Å². The van der Waals surface area contributed by atoms with Crippen molar-refractivity contribution in [3.05, 3.63) is 77.5 Å². The Morgan fingerprint density at radius 3 is 2.50 bits per heavy atom. The van der Waals surface area contributed by atoms with Crippen molar-refractivity contribution in [1.29, 1.82) is 5.26 Å². The summed E-state index contributed by atoms with van der Waals surface area (Å²) in [7, 11) is 0. The molecule has 1 fully saturated rings. The van der Waals surface area contributed by atoms with Gasteiger partial charge in [-0.3, -0.25) is 9.88 Å². The average Bonchev–Trinajstić information content (AvgIpc) is 2.91. The van der Waals surface area contributed by atoms with Gasteiger partial charge in [-0.05, 0) is 30.7 Å². The van der Waals surface area contributed by atoms with Gasteiger partial charge in [0.15, 0.2) is 0 Å². The lowest BCUT2D eigenvalue weighted by molar-refractivity contribution is 0.285. The summed E-state index contributed by atoms with van der Waals surface area (Å²) in [6.07, 6.45) is 5.24. The van der Waals surface area contributed by atoms with Gasteiger partial charge in [-0.1, -0.05) is 35.9 Å². The highest BCUT2D eigenvalue weighted by Gasteiger charge is 2.19. The number of pyridine rings is 1. The monoisotopic (exact) mass is 501 g/mol. The van der Waals surface area contributed by atoms with Gasteiger partial charge in [0.05, 0.1) is 34.9 Å². The van der Waals surface area contributed by atoms with Crippen LogP contribution in [-0.2, 0) is 0 Å². The van der Waals surface area contributed by atoms with Crippen molar-refractivity contribution in [2.45, 2.75) is 13.0 Å². The predicted octanol–water partition coefficient (Wildman–Crippen LogP) is 5.30. The molecule has 9 heteroatoms. The summed E-state index contributed by atoms with van der Waals surface area (Å²) < 4.78 is 14.3. The number of rotatable bonds is 6. The Balaban J connectivity index is 1.40. The molecule has 1 atom stereocenters. The van der Waals surface area contributed by atoms with E-state index in [2.05, 4.69) is 36.1 Å². The van der Waals surface area contributed by atoms with Gasteiger partial charge in [0.1, 0.15) is 5.82 Å². The second-order valence-corrected chi connectivity index (χ2v) is 9.20. The van der Waals surface area contributed by atoms with Crippen LogP contribution in [0.25, 0.3) is 22.0 Å². The fourth-order valence-electron chi connectivity index (χ4n) is 4.45. The molecule has 2 aromatic heterocycles. The normalized spacial score (nSPS) is 15.0. The minimum Gasteiger partial charge on any atom is -0.377 e. The van der Waals surface area contributed by atoms with Crippen molar-refractivity contribution < 1.29 is 4.39 Å². The lowest BCUT2D eigenvalue weighted by atomic mass is 10.0. The van der Waals surface area contributed by atoms with Crippen LogP contribution in [0.2, 0.25) is 5.02 Å². The third-order valence-electron chi connectivity index (χ3n) is 6.48. The minimum atomic E-state index is -0.297. The summed E-state index contributed by atoms with van der Waals surface area (Å²) >= 11 is 6.54. The average molecular weight is 502 g/mol. The van der Waals surface area contributed by atoms with Gasteiger partial charge in [-0.15, -0.1) is 0 Å². The molecule has 1 N–H and O–H groups in total. The van der Waals surface area contributed by atoms with Gasteiger partial charge in [0, 0.05) is 61.3 Å². The Morgan fingerprint density at radius 2 is 1.78 bits per heavy atom. The van der Waals surface area contributed by atoms with Crippen molar-refractivity contribution in [2.24, 2.45) is 0 Å². The number of benzene rings is 2. The number of nitrogens with one attached hydrogen (secondary N) is 1. The van der Waals surface area contributed by atoms with Crippen LogP contribution < -0.4 is 10.2 Å². The molecule has 2 aromatic carbocycles. The topological polar surface area (TPSA) is 81.0 Å². The lowest BCUT2D eigenvalue weighted by Gasteiger charge is -2.33. The van der Waals surface area contributed by atoms with E-state index in [1.165, 1.54) is 6.07 Å². The fourth-order valence-corrected chi connectivity index (χ4v) is 4.66. The molecule has 1 saturated heterocycles. The van der Waals surface area contributed by atoms with Crippen LogP contribution in [-0.4, -0.2) is 52.6 Å². The zero-order chi connectivity index (χ0) is 25.1. The Bertz CT molecular complexity index is 1410. The molecule has 0 bridgehead atoms. The molecule has 7 nitrogen and oxygen atoms in total. The molecule has 182 valence electrons. The van der Waals surface area contributed by atoms with Crippen molar-refractivity contribution in [1.82, 2.24) is 19.9 Å². The van der Waals surface area contributed by atoms with Gasteiger partial charge in [-0.25, -0.2) is 14.4 Å². The highest BCUT2D eigenvalue weighted by Crippen LogP contribution is 2.35. The maximum absolute atomic E-state index is 14.3. The zero-order valence-corrected chi connectivity index (χ0v) is 20.6. The molecule has 5 rings (SSSR count). The van der Waals surface area contributed by atoms with E-state index in [9.17, 15) is 4.39 Å². The largest absolute Gasteiger partial charge is 0.377 e. The van der Waals surface area contributed by atoms with E-state index in [4.69, 9.17) is 16.9 Å². The maximum Gasteiger partial charge on any atom is 0.225 e. The van der Waals surface area contributed by atoms with E-state index in [1.54, 1.807) is 18.3 Å². The molecule has 3 heterocycles.